The van der Waals surface area contributed by atoms with Crippen molar-refractivity contribution in [3.63, 3.8) is 0 Å². The van der Waals surface area contributed by atoms with Crippen LogP contribution in [0.3, 0.4) is 0 Å². The van der Waals surface area contributed by atoms with Crippen molar-refractivity contribution in [3.8, 4) is 0 Å². The summed E-state index contributed by atoms with van der Waals surface area (Å²) in [4.78, 5) is 36.1. The number of benzene rings is 1. The van der Waals surface area contributed by atoms with Gasteiger partial charge in [-0.25, -0.2) is 0 Å². The molecule has 28 heavy (non-hydrogen) atoms. The number of likely N-dealkylation sites (tertiary alicyclic amines) is 1. The Bertz CT molecular complexity index is 833. The Morgan fingerprint density at radius 2 is 1.82 bits per heavy atom. The largest absolute Gasteiger partial charge is 0.416 e. The molecule has 1 aromatic carbocycles. The molecule has 1 aliphatic carbocycles. The van der Waals surface area contributed by atoms with Crippen molar-refractivity contribution in [2.24, 2.45) is 5.92 Å². The number of Topliss-reactive ketones (excluding diaryl/α,β-unsaturated/α-hetero) is 1. The maximum atomic E-state index is 12.9. The van der Waals surface area contributed by atoms with Crippen molar-refractivity contribution in [2.75, 3.05) is 13.1 Å². The van der Waals surface area contributed by atoms with E-state index in [0.29, 0.717) is 12.0 Å². The van der Waals surface area contributed by atoms with Crippen molar-refractivity contribution in [1.29, 1.82) is 0 Å². The number of nitrogens with one attached hydrogen (secondary N) is 1. The van der Waals surface area contributed by atoms with Crippen LogP contribution in [-0.4, -0.2) is 41.8 Å². The van der Waals surface area contributed by atoms with Gasteiger partial charge >= 0.3 is 12.4 Å². The highest BCUT2D eigenvalue weighted by Gasteiger charge is 2.47. The highest BCUT2D eigenvalue weighted by Crippen LogP contribution is 2.37. The Morgan fingerprint density at radius 3 is 2.43 bits per heavy atom. The number of ketones is 1. The van der Waals surface area contributed by atoms with Crippen LogP contribution in [0, 0.1) is 5.92 Å². The number of alkyl halides is 6. The molecule has 1 heterocycles. The number of hydrogen-bond donors (Lipinski definition) is 1. The van der Waals surface area contributed by atoms with E-state index in [4.69, 9.17) is 0 Å². The van der Waals surface area contributed by atoms with Gasteiger partial charge in [0.25, 0.3) is 5.91 Å². The Morgan fingerprint density at radius 1 is 1.14 bits per heavy atom. The first-order valence-corrected chi connectivity index (χ1v) is 8.27. The smallest absolute Gasteiger partial charge is 0.349 e. The predicted octanol–water partition coefficient (Wildman–Crippen LogP) is 2.40. The Hall–Kier alpha value is -2.59. The van der Waals surface area contributed by atoms with Crippen LogP contribution in [0.25, 0.3) is 0 Å². The third kappa shape index (κ3) is 3.97. The van der Waals surface area contributed by atoms with Gasteiger partial charge in [0.1, 0.15) is 12.5 Å². The minimum absolute atomic E-state index is 0.243. The van der Waals surface area contributed by atoms with E-state index < -0.39 is 60.6 Å². The van der Waals surface area contributed by atoms with Crippen molar-refractivity contribution in [2.45, 2.75) is 31.2 Å². The molecule has 0 spiro atoms. The van der Waals surface area contributed by atoms with Crippen LogP contribution in [-0.2, 0) is 27.0 Å². The summed E-state index contributed by atoms with van der Waals surface area (Å²) in [6.45, 7) is -2.37. The predicted molar refractivity (Wildman–Crippen MR) is 81.8 cm³/mol. The molecule has 5 nitrogen and oxygen atoms in total. The fraction of sp³-hybridized carbons (Fsp3) is 0.471. The SMILES string of the molecule is O=C(NC1CCc2ccc(C(F)(F)F)cc21)C1CN(CC(F)(F)F)C(=O)C1=O. The molecule has 1 aliphatic heterocycles. The van der Waals surface area contributed by atoms with Gasteiger partial charge in [-0.05, 0) is 36.1 Å². The maximum absolute atomic E-state index is 12.9. The van der Waals surface area contributed by atoms with Crippen LogP contribution < -0.4 is 5.32 Å². The van der Waals surface area contributed by atoms with E-state index in [1.54, 1.807) is 0 Å². The quantitative estimate of drug-likeness (QED) is 0.475. The average molecular weight is 408 g/mol. The number of aryl methyl sites for hydroxylation is 1. The Kier molecular flexibility index (Phi) is 4.88. The van der Waals surface area contributed by atoms with E-state index in [-0.39, 0.29) is 16.9 Å². The molecule has 0 saturated carbocycles. The first-order valence-electron chi connectivity index (χ1n) is 8.27. The molecule has 11 heteroatoms. The van der Waals surface area contributed by atoms with Crippen molar-refractivity contribution in [3.05, 3.63) is 34.9 Å². The monoisotopic (exact) mass is 408 g/mol. The summed E-state index contributed by atoms with van der Waals surface area (Å²) in [6, 6.07) is 2.33. The minimum Gasteiger partial charge on any atom is -0.349 e. The van der Waals surface area contributed by atoms with E-state index in [1.165, 1.54) is 6.07 Å². The molecule has 2 aliphatic rings. The normalized spacial score (nSPS) is 22.6. The van der Waals surface area contributed by atoms with Gasteiger partial charge in [0.05, 0.1) is 11.6 Å². The van der Waals surface area contributed by atoms with Gasteiger partial charge in [0.15, 0.2) is 0 Å². The Balaban J connectivity index is 1.73. The molecule has 2 atom stereocenters. The Labute approximate surface area is 154 Å². The average Bonchev–Trinajstić information content (AvgIpc) is 3.08. The van der Waals surface area contributed by atoms with Crippen LogP contribution in [0.15, 0.2) is 18.2 Å². The summed E-state index contributed by atoms with van der Waals surface area (Å²) >= 11 is 0. The van der Waals surface area contributed by atoms with Crippen LogP contribution in [0.1, 0.15) is 29.2 Å². The zero-order valence-corrected chi connectivity index (χ0v) is 14.2. The van der Waals surface area contributed by atoms with Gasteiger partial charge in [-0.2, -0.15) is 26.3 Å². The number of nitrogens with zero attached hydrogens (tertiary/aromatic N) is 1. The van der Waals surface area contributed by atoms with Crippen molar-refractivity contribution >= 4 is 17.6 Å². The molecule has 0 aromatic heterocycles. The highest BCUT2D eigenvalue weighted by molar-refractivity contribution is 6.42. The molecule has 2 amide bonds. The van der Waals surface area contributed by atoms with E-state index in [9.17, 15) is 40.7 Å². The molecular weight excluding hydrogens is 394 g/mol. The second-order valence-electron chi connectivity index (χ2n) is 6.73. The van der Waals surface area contributed by atoms with Gasteiger partial charge in [-0.1, -0.05) is 6.07 Å². The van der Waals surface area contributed by atoms with E-state index in [0.717, 1.165) is 12.1 Å². The summed E-state index contributed by atoms with van der Waals surface area (Å²) in [5.74, 6) is -5.25. The summed E-state index contributed by atoms with van der Waals surface area (Å²) in [6.07, 6.45) is -8.61. The summed E-state index contributed by atoms with van der Waals surface area (Å²) in [5, 5.41) is 2.40. The summed E-state index contributed by atoms with van der Waals surface area (Å²) in [5.41, 5.74) is -0.0474. The third-order valence-corrected chi connectivity index (χ3v) is 4.77. The van der Waals surface area contributed by atoms with Gasteiger partial charge < -0.3 is 10.2 Å². The van der Waals surface area contributed by atoms with Crippen LogP contribution in [0.5, 0.6) is 0 Å². The molecule has 0 radical (unpaired) electrons. The van der Waals surface area contributed by atoms with Crippen molar-refractivity contribution < 1.29 is 40.7 Å². The minimum atomic E-state index is -4.72. The van der Waals surface area contributed by atoms with Crippen molar-refractivity contribution in [1.82, 2.24) is 10.2 Å². The molecule has 1 N–H and O–H groups in total. The fourth-order valence-corrected chi connectivity index (χ4v) is 3.45. The number of carbonyl (C=O) groups is 3. The lowest BCUT2D eigenvalue weighted by molar-refractivity contribution is -0.159. The molecule has 1 saturated heterocycles. The van der Waals surface area contributed by atoms with E-state index >= 15 is 0 Å². The molecule has 1 aromatic rings. The first kappa shape index (κ1) is 20.2. The molecule has 3 rings (SSSR count). The fourth-order valence-electron chi connectivity index (χ4n) is 3.45. The highest BCUT2D eigenvalue weighted by atomic mass is 19.4. The zero-order chi connectivity index (χ0) is 20.9. The van der Waals surface area contributed by atoms with Gasteiger partial charge in [0.2, 0.25) is 11.7 Å². The standard InChI is InChI=1S/C17H14F6N2O3/c18-16(19,20)7-25-6-11(13(26)15(25)28)14(27)24-12-4-2-8-1-3-9(5-10(8)12)17(21,22)23/h1,3,5,11-12H,2,4,6-7H2,(H,24,27). The summed E-state index contributed by atoms with van der Waals surface area (Å²) < 4.78 is 76.1. The number of carbonyl (C=O) groups excluding carboxylic acids is 3. The molecule has 2 unspecified atom stereocenters. The number of hydrogen-bond acceptors (Lipinski definition) is 3. The first-order chi connectivity index (χ1) is 12.9. The number of halogens is 6. The molecular formula is C17H14F6N2O3. The molecule has 0 bridgehead atoms. The lowest BCUT2D eigenvalue weighted by atomic mass is 10.0. The number of fused-ring (bicyclic) bond motifs is 1. The lowest BCUT2D eigenvalue weighted by Gasteiger charge is -2.19. The van der Waals surface area contributed by atoms with Crippen LogP contribution in [0.2, 0.25) is 0 Å². The van der Waals surface area contributed by atoms with Crippen LogP contribution >= 0.6 is 0 Å². The molecule has 152 valence electrons. The van der Waals surface area contributed by atoms with E-state index in [1.807, 2.05) is 0 Å². The van der Waals surface area contributed by atoms with Crippen LogP contribution in [0.4, 0.5) is 26.3 Å². The third-order valence-electron chi connectivity index (χ3n) is 4.77. The zero-order valence-electron chi connectivity index (χ0n) is 14.2. The number of rotatable bonds is 3. The summed E-state index contributed by atoms with van der Waals surface area (Å²) in [7, 11) is 0. The van der Waals surface area contributed by atoms with Gasteiger partial charge in [0, 0.05) is 6.54 Å². The van der Waals surface area contributed by atoms with E-state index in [2.05, 4.69) is 5.32 Å². The topological polar surface area (TPSA) is 66.5 Å². The second-order valence-corrected chi connectivity index (χ2v) is 6.73. The second kappa shape index (κ2) is 6.78. The maximum Gasteiger partial charge on any atom is 0.416 e. The van der Waals surface area contributed by atoms with Gasteiger partial charge in [-0.15, -0.1) is 0 Å². The lowest BCUT2D eigenvalue weighted by Crippen LogP contribution is -2.38. The molecule has 1 fully saturated rings. The number of amides is 2. The van der Waals surface area contributed by atoms with Gasteiger partial charge in [-0.3, -0.25) is 14.4 Å².